The molecular formula is C34H47N7O4Si. The van der Waals surface area contributed by atoms with Gasteiger partial charge in [0, 0.05) is 41.3 Å². The fourth-order valence-corrected chi connectivity index (χ4v) is 5.36. The molecule has 0 bridgehead atoms. The molecule has 12 heteroatoms. The first kappa shape index (κ1) is 30.6. The lowest BCUT2D eigenvalue weighted by atomic mass is 10.1. The maximum absolute atomic E-state index is 13.1. The van der Waals surface area contributed by atoms with E-state index in [2.05, 4.69) is 76.5 Å². The molecule has 3 aromatic heterocycles. The lowest BCUT2D eigenvalue weighted by Crippen LogP contribution is -2.44. The fourth-order valence-electron chi connectivity index (χ4n) is 4.32. The molecule has 0 saturated heterocycles. The smallest absolute Gasteiger partial charge is 0.410 e. The molecule has 2 atom stereocenters. The summed E-state index contributed by atoms with van der Waals surface area (Å²) in [6.07, 6.45) is 3.49. The summed E-state index contributed by atoms with van der Waals surface area (Å²) >= 11 is 0. The van der Waals surface area contributed by atoms with Gasteiger partial charge in [-0.2, -0.15) is 0 Å². The lowest BCUT2D eigenvalue weighted by Gasteiger charge is -2.37. The molecule has 2 N–H and O–H groups in total. The van der Waals surface area contributed by atoms with Crippen LogP contribution >= 0.6 is 0 Å². The lowest BCUT2D eigenvalue weighted by molar-refractivity contribution is -0.117. The summed E-state index contributed by atoms with van der Waals surface area (Å²) in [6, 6.07) is 5.21. The molecule has 0 spiro atoms. The average molecular weight is 649 g/mol. The first-order valence-corrected chi connectivity index (χ1v) is 18.4. The molecule has 0 unspecified atom stereocenters. The minimum atomic E-state index is -2.51. The van der Waals surface area contributed by atoms with E-state index in [-0.39, 0.29) is 40.6 Å². The van der Waals surface area contributed by atoms with E-state index in [0.29, 0.717) is 35.7 Å². The van der Waals surface area contributed by atoms with Crippen LogP contribution in [0, 0.1) is 23.7 Å². The highest BCUT2D eigenvalue weighted by Gasteiger charge is 2.39. The number of nitrogens with one attached hydrogen (secondary N) is 2. The van der Waals surface area contributed by atoms with Gasteiger partial charge in [-0.1, -0.05) is 39.7 Å². The normalized spacial score (nSPS) is 17.5. The highest BCUT2D eigenvalue weighted by Crippen LogP contribution is 2.38. The third kappa shape index (κ3) is 9.01. The Morgan fingerprint density at radius 1 is 1.11 bits per heavy atom. The van der Waals surface area contributed by atoms with Crippen LogP contribution in [0.5, 0.6) is 0 Å². The van der Waals surface area contributed by atoms with Crippen LogP contribution in [0.4, 0.5) is 16.4 Å². The predicted molar refractivity (Wildman–Crippen MR) is 183 cm³/mol. The monoisotopic (exact) mass is 648 g/mol. The van der Waals surface area contributed by atoms with E-state index in [1.165, 1.54) is 6.20 Å². The Bertz CT molecular complexity index is 1740. The van der Waals surface area contributed by atoms with E-state index < -0.39 is 27.0 Å². The number of aromatic nitrogens is 4. The van der Waals surface area contributed by atoms with Crippen LogP contribution in [0.3, 0.4) is 0 Å². The number of anilines is 2. The molecule has 3 heterocycles. The van der Waals surface area contributed by atoms with Gasteiger partial charge in [0.05, 0.1) is 18.7 Å². The van der Waals surface area contributed by atoms with Crippen LogP contribution in [-0.4, -0.2) is 71.1 Å². The number of amides is 2. The number of hydrogen-bond acceptors (Lipinski definition) is 9. The number of carbonyl (C=O) groups is 2. The Morgan fingerprint density at radius 3 is 2.46 bits per heavy atom. The number of carbonyl (C=O) groups excluding carboxylic acids is 2. The second-order valence-electron chi connectivity index (χ2n) is 14.3. The quantitative estimate of drug-likeness (QED) is 0.205. The van der Waals surface area contributed by atoms with Gasteiger partial charge in [0.25, 0.3) is 0 Å². The van der Waals surface area contributed by atoms with E-state index in [0.717, 1.165) is 12.0 Å². The van der Waals surface area contributed by atoms with Crippen LogP contribution in [0.2, 0.25) is 18.1 Å². The largest absolute Gasteiger partial charge is 0.444 e. The summed E-state index contributed by atoms with van der Waals surface area (Å²) in [5.74, 6) is 6.45. The number of pyridine rings is 2. The second kappa shape index (κ2) is 13.7. The van der Waals surface area contributed by atoms with Crippen molar-refractivity contribution in [3.8, 4) is 11.8 Å². The van der Waals surface area contributed by atoms with Crippen LogP contribution in [0.25, 0.3) is 10.9 Å². The molecule has 0 aliphatic heterocycles. The number of rotatable bonds is 9. The van der Waals surface area contributed by atoms with E-state index >= 15 is 0 Å². The van der Waals surface area contributed by atoms with Crippen LogP contribution in [0.1, 0.15) is 75.8 Å². The van der Waals surface area contributed by atoms with Crippen molar-refractivity contribution in [3.05, 3.63) is 47.4 Å². The molecule has 1 saturated carbocycles. The van der Waals surface area contributed by atoms with Crippen molar-refractivity contribution in [1.82, 2.24) is 25.1 Å². The van der Waals surface area contributed by atoms with Gasteiger partial charge in [-0.3, -0.25) is 4.79 Å². The molecule has 0 aromatic carbocycles. The van der Waals surface area contributed by atoms with Crippen LogP contribution < -0.4 is 10.6 Å². The van der Waals surface area contributed by atoms with Crippen molar-refractivity contribution in [3.63, 3.8) is 0 Å². The topological polar surface area (TPSA) is 131 Å². The highest BCUT2D eigenvalue weighted by atomic mass is 28.4. The maximum Gasteiger partial charge on any atom is 0.410 e. The molecule has 3 aromatic rings. The predicted octanol–water partition coefficient (Wildman–Crippen LogP) is 6.21. The number of hydrogen-bond donors (Lipinski definition) is 2. The standard InChI is InChI=1S/C34H47N7O4Si/c1-22-17-26(22)31(42)38-28-18-27-24(20-37-30(35-8)29(27)40-39-28)12-14-25-13-11-23(19-36-25)21-41(32(43)45-33(2,3)4)15-16-44-46(9,10)34(5,6)7/h11,13,18-20,22,26H,15-17,21H2,1-10H3,(H,35,37)(H,38,39,42)/t22-,26+/m1/s1/i8D3. The van der Waals surface area contributed by atoms with Gasteiger partial charge in [0.2, 0.25) is 5.91 Å². The van der Waals surface area contributed by atoms with Crippen molar-refractivity contribution in [2.75, 3.05) is 30.8 Å². The maximum atomic E-state index is 13.1. The summed E-state index contributed by atoms with van der Waals surface area (Å²) in [5.41, 5.74) is 1.24. The Hall–Kier alpha value is -4.08. The summed E-state index contributed by atoms with van der Waals surface area (Å²) in [5, 5.41) is 14.0. The van der Waals surface area contributed by atoms with Crippen molar-refractivity contribution < 1.29 is 22.9 Å². The van der Waals surface area contributed by atoms with Crippen molar-refractivity contribution in [2.24, 2.45) is 11.8 Å². The first-order chi connectivity index (χ1) is 22.6. The zero-order valence-electron chi connectivity index (χ0n) is 31.2. The van der Waals surface area contributed by atoms with Crippen LogP contribution in [-0.2, 0) is 20.5 Å². The fraction of sp³-hybridized carbons (Fsp3) is 0.529. The van der Waals surface area contributed by atoms with Gasteiger partial charge in [-0.25, -0.2) is 14.8 Å². The van der Waals surface area contributed by atoms with E-state index in [4.69, 9.17) is 13.3 Å². The Morgan fingerprint density at radius 2 is 1.85 bits per heavy atom. The summed E-state index contributed by atoms with van der Waals surface area (Å²) in [4.78, 5) is 36.0. The third-order valence-electron chi connectivity index (χ3n) is 8.25. The number of ether oxygens (including phenoxy) is 1. The van der Waals surface area contributed by atoms with E-state index in [1.54, 1.807) is 23.2 Å². The van der Waals surface area contributed by atoms with E-state index in [1.807, 2.05) is 33.8 Å². The van der Waals surface area contributed by atoms with Gasteiger partial charge >= 0.3 is 6.09 Å². The van der Waals surface area contributed by atoms with Crippen molar-refractivity contribution in [1.29, 1.82) is 0 Å². The van der Waals surface area contributed by atoms with E-state index in [9.17, 15) is 9.59 Å². The SMILES string of the molecule is [2H]C([2H])([2H])Nc1ncc(C#Cc2ccc(CN(CCO[Si](C)(C)C(C)(C)C)C(=O)OC(C)(C)C)cn2)c2cc(NC(=O)[C@H]3C[C@H]3C)nnc12. The van der Waals surface area contributed by atoms with Gasteiger partial charge in [0.15, 0.2) is 20.0 Å². The zero-order chi connectivity index (χ0) is 36.4. The molecule has 4 rings (SSSR count). The summed E-state index contributed by atoms with van der Waals surface area (Å²) in [6.45, 7) is 16.9. The molecule has 11 nitrogen and oxygen atoms in total. The minimum Gasteiger partial charge on any atom is -0.444 e. The first-order valence-electron chi connectivity index (χ1n) is 17.0. The molecule has 246 valence electrons. The summed E-state index contributed by atoms with van der Waals surface area (Å²) < 4.78 is 34.8. The number of nitrogens with zero attached hydrogens (tertiary/aromatic N) is 5. The van der Waals surface area contributed by atoms with Crippen molar-refractivity contribution in [2.45, 2.75) is 85.2 Å². The Balaban J connectivity index is 1.55. The molecule has 2 amide bonds. The molecule has 1 aliphatic carbocycles. The van der Waals surface area contributed by atoms with Gasteiger partial charge in [-0.15, -0.1) is 10.2 Å². The molecule has 0 radical (unpaired) electrons. The van der Waals surface area contributed by atoms with Crippen molar-refractivity contribution >= 4 is 42.9 Å². The average Bonchev–Trinajstić information content (AvgIpc) is 3.71. The summed E-state index contributed by atoms with van der Waals surface area (Å²) in [7, 11) is -2.00. The zero-order valence-corrected chi connectivity index (χ0v) is 29.2. The second-order valence-corrected chi connectivity index (χ2v) is 19.1. The third-order valence-corrected chi connectivity index (χ3v) is 12.8. The van der Waals surface area contributed by atoms with Gasteiger partial charge in [0.1, 0.15) is 16.8 Å². The molecular weight excluding hydrogens is 599 g/mol. The molecule has 1 fully saturated rings. The Kier molecular flexibility index (Phi) is 9.12. The van der Waals surface area contributed by atoms with Gasteiger partial charge in [-0.05, 0) is 74.9 Å². The van der Waals surface area contributed by atoms with Gasteiger partial charge < -0.3 is 24.7 Å². The molecule has 46 heavy (non-hydrogen) atoms. The minimum absolute atomic E-state index is 0.0217. The van der Waals surface area contributed by atoms with Crippen LogP contribution in [0.15, 0.2) is 30.6 Å². The highest BCUT2D eigenvalue weighted by molar-refractivity contribution is 6.74. The number of fused-ring (bicyclic) bond motifs is 1. The molecule has 1 aliphatic rings. The Labute approximate surface area is 277 Å².